The monoisotopic (exact) mass is 416 g/mol. The highest BCUT2D eigenvalue weighted by Crippen LogP contribution is 2.24. The molecule has 0 spiro atoms. The maximum atomic E-state index is 12.5. The molecule has 3 rings (SSSR count). The molecule has 0 atom stereocenters. The van der Waals surface area contributed by atoms with Gasteiger partial charge in [0.05, 0.1) is 29.7 Å². The number of hydrogen-bond acceptors (Lipinski definition) is 6. The molecule has 144 valence electrons. The second-order valence-corrected chi connectivity index (χ2v) is 7.30. The van der Waals surface area contributed by atoms with Gasteiger partial charge in [-0.05, 0) is 24.3 Å². The third-order valence-electron chi connectivity index (χ3n) is 3.45. The van der Waals surface area contributed by atoms with Crippen LogP contribution >= 0.6 is 12.4 Å². The molecule has 2 heterocycles. The summed E-state index contributed by atoms with van der Waals surface area (Å²) in [5.41, 5.74) is 1.34. The quantitative estimate of drug-likeness (QED) is 0.611. The Hall–Kier alpha value is -2.59. The minimum absolute atomic E-state index is 0. The van der Waals surface area contributed by atoms with Crippen LogP contribution in [0, 0.1) is 0 Å². The van der Waals surface area contributed by atoms with Crippen LogP contribution in [0.1, 0.15) is 18.0 Å². The Morgan fingerprint density at radius 2 is 1.81 bits per heavy atom. The number of rotatable bonds is 6. The van der Waals surface area contributed by atoms with Crippen LogP contribution in [0.5, 0.6) is 0 Å². The fourth-order valence-electron chi connectivity index (χ4n) is 2.23. The number of benzene rings is 1. The first-order valence-electron chi connectivity index (χ1n) is 7.44. The lowest BCUT2D eigenvalue weighted by molar-refractivity contribution is 0.116. The Bertz CT molecular complexity index is 982. The van der Waals surface area contributed by atoms with Crippen molar-refractivity contribution in [1.29, 1.82) is 0 Å². The van der Waals surface area contributed by atoms with Crippen molar-refractivity contribution in [1.82, 2.24) is 15.2 Å². The van der Waals surface area contributed by atoms with Crippen LogP contribution in [0.15, 0.2) is 53.1 Å². The number of para-hydroxylation sites is 1. The summed E-state index contributed by atoms with van der Waals surface area (Å²) in [5.74, 6) is -0.848. The smallest absolute Gasteiger partial charge is 0.314 e. The summed E-state index contributed by atoms with van der Waals surface area (Å²) in [5, 5.41) is 6.80. The molecule has 0 fully saturated rings. The minimum Gasteiger partial charge on any atom is -0.415 e. The third kappa shape index (κ3) is 4.98. The number of aromatic nitrogens is 3. The van der Waals surface area contributed by atoms with Crippen LogP contribution in [0.25, 0.3) is 11.5 Å². The normalized spacial score (nSPS) is 11.3. The number of anilines is 1. The van der Waals surface area contributed by atoms with Gasteiger partial charge in [-0.15, -0.1) is 22.6 Å². The van der Waals surface area contributed by atoms with Crippen LogP contribution in [-0.2, 0) is 16.6 Å². The predicted octanol–water partition coefficient (Wildman–Crippen LogP) is 3.46. The molecule has 3 aromatic rings. The maximum Gasteiger partial charge on any atom is 0.314 e. The Kier molecular flexibility index (Phi) is 6.45. The van der Waals surface area contributed by atoms with Crippen molar-refractivity contribution in [2.45, 2.75) is 13.0 Å². The molecule has 0 radical (unpaired) electrons. The van der Waals surface area contributed by atoms with Crippen molar-refractivity contribution in [2.75, 3.05) is 10.6 Å². The molecule has 0 saturated heterocycles. The second kappa shape index (κ2) is 8.40. The maximum absolute atomic E-state index is 12.5. The summed E-state index contributed by atoms with van der Waals surface area (Å²) in [4.78, 5) is 4.17. The Morgan fingerprint density at radius 1 is 1.11 bits per heavy atom. The van der Waals surface area contributed by atoms with Gasteiger partial charge in [-0.3, -0.25) is 9.29 Å². The lowest BCUT2D eigenvalue weighted by Crippen LogP contribution is -2.29. The molecule has 0 bridgehead atoms. The molecule has 0 aliphatic heterocycles. The average Bonchev–Trinajstić information content (AvgIpc) is 3.10. The fourth-order valence-corrected chi connectivity index (χ4v) is 3.10. The summed E-state index contributed by atoms with van der Waals surface area (Å²) in [6.45, 7) is 0.0231. The van der Waals surface area contributed by atoms with E-state index in [0.29, 0.717) is 16.9 Å². The fraction of sp³-hybridized carbons (Fsp3) is 0.188. The number of sulfonamides is 1. The molecule has 0 saturated carbocycles. The number of alkyl halides is 2. The van der Waals surface area contributed by atoms with Crippen LogP contribution in [0.4, 0.5) is 14.5 Å². The molecule has 0 amide bonds. The largest absolute Gasteiger partial charge is 0.415 e. The van der Waals surface area contributed by atoms with Gasteiger partial charge in [0.1, 0.15) is 0 Å². The van der Waals surface area contributed by atoms with E-state index in [4.69, 9.17) is 4.42 Å². The van der Waals surface area contributed by atoms with Crippen LogP contribution < -0.4 is 4.31 Å². The summed E-state index contributed by atoms with van der Waals surface area (Å²) in [6, 6.07) is 11.7. The molecule has 0 N–H and O–H groups in total. The van der Waals surface area contributed by atoms with Crippen molar-refractivity contribution in [3.05, 3.63) is 60.2 Å². The van der Waals surface area contributed by atoms with Gasteiger partial charge in [0.2, 0.25) is 15.9 Å². The van der Waals surface area contributed by atoms with Crippen molar-refractivity contribution in [3.8, 4) is 11.5 Å². The molecule has 11 heteroatoms. The van der Waals surface area contributed by atoms with E-state index in [2.05, 4.69) is 15.2 Å². The van der Waals surface area contributed by atoms with E-state index in [1.165, 1.54) is 10.5 Å². The highest BCUT2D eigenvalue weighted by molar-refractivity contribution is 7.92. The van der Waals surface area contributed by atoms with Gasteiger partial charge in [0, 0.05) is 6.20 Å². The van der Waals surface area contributed by atoms with Gasteiger partial charge in [-0.2, -0.15) is 8.78 Å². The molecule has 1 aromatic carbocycles. The zero-order valence-electron chi connectivity index (χ0n) is 14.0. The minimum atomic E-state index is -3.52. The number of pyridine rings is 1. The summed E-state index contributed by atoms with van der Waals surface area (Å²) >= 11 is 0. The molecule has 0 aliphatic rings. The van der Waals surface area contributed by atoms with Crippen molar-refractivity contribution in [2.24, 2.45) is 0 Å². The van der Waals surface area contributed by atoms with Gasteiger partial charge in [0.15, 0.2) is 0 Å². The van der Waals surface area contributed by atoms with E-state index in [1.807, 2.05) is 0 Å². The summed E-state index contributed by atoms with van der Waals surface area (Å²) in [6.07, 6.45) is -0.375. The van der Waals surface area contributed by atoms with Gasteiger partial charge in [0.25, 0.3) is 5.89 Å². The van der Waals surface area contributed by atoms with Gasteiger partial charge in [-0.1, -0.05) is 18.2 Å². The summed E-state index contributed by atoms with van der Waals surface area (Å²) in [7, 11) is -3.52. The molecular formula is C16H15ClF2N4O3S. The highest BCUT2D eigenvalue weighted by atomic mass is 35.5. The van der Waals surface area contributed by atoms with Crippen molar-refractivity contribution in [3.63, 3.8) is 0 Å². The van der Waals surface area contributed by atoms with Gasteiger partial charge >= 0.3 is 6.43 Å². The first-order valence-corrected chi connectivity index (χ1v) is 9.29. The van der Waals surface area contributed by atoms with Crippen LogP contribution in [0.3, 0.4) is 0 Å². The van der Waals surface area contributed by atoms with E-state index in [0.717, 1.165) is 6.26 Å². The SMILES string of the molecule is CS(=O)(=O)N(Cc1ccc(-c2nnc(C(F)F)o2)cn1)c1ccccc1.Cl. The molecule has 7 nitrogen and oxygen atoms in total. The average molecular weight is 417 g/mol. The Morgan fingerprint density at radius 3 is 2.33 bits per heavy atom. The van der Waals surface area contributed by atoms with E-state index >= 15 is 0 Å². The summed E-state index contributed by atoms with van der Waals surface area (Å²) < 4.78 is 55.3. The lowest BCUT2D eigenvalue weighted by Gasteiger charge is -2.22. The van der Waals surface area contributed by atoms with Crippen LogP contribution in [-0.4, -0.2) is 29.9 Å². The molecule has 0 aliphatic carbocycles. The molecule has 0 unspecified atom stereocenters. The second-order valence-electron chi connectivity index (χ2n) is 5.39. The van der Waals surface area contributed by atoms with E-state index in [9.17, 15) is 17.2 Å². The van der Waals surface area contributed by atoms with E-state index < -0.39 is 22.3 Å². The number of nitrogens with zero attached hydrogens (tertiary/aromatic N) is 4. The molecule has 27 heavy (non-hydrogen) atoms. The molecular weight excluding hydrogens is 402 g/mol. The van der Waals surface area contributed by atoms with Crippen molar-refractivity contribution >= 4 is 28.1 Å². The van der Waals surface area contributed by atoms with Crippen LogP contribution in [0.2, 0.25) is 0 Å². The van der Waals surface area contributed by atoms with E-state index in [-0.39, 0.29) is 24.8 Å². The van der Waals surface area contributed by atoms with E-state index in [1.54, 1.807) is 42.5 Å². The Balaban J connectivity index is 0.00000261. The highest BCUT2D eigenvalue weighted by Gasteiger charge is 2.19. The standard InChI is InChI=1S/C16H14F2N4O3S.ClH/c1-26(23,24)22(13-5-3-2-4-6-13)10-12-8-7-11(9-19-12)15-20-21-16(25-15)14(17)18;/h2-9,14H,10H2,1H3;1H. The predicted molar refractivity (Wildman–Crippen MR) is 97.2 cm³/mol. The topological polar surface area (TPSA) is 89.2 Å². The van der Waals surface area contributed by atoms with Crippen molar-refractivity contribution < 1.29 is 21.6 Å². The third-order valence-corrected chi connectivity index (χ3v) is 4.59. The lowest BCUT2D eigenvalue weighted by atomic mass is 10.2. The first-order chi connectivity index (χ1) is 12.3. The first kappa shape index (κ1) is 20.7. The van der Waals surface area contributed by atoms with Gasteiger partial charge < -0.3 is 4.42 Å². The Labute approximate surface area is 160 Å². The number of hydrogen-bond donors (Lipinski definition) is 0. The molecule has 2 aromatic heterocycles. The van der Waals surface area contributed by atoms with Gasteiger partial charge in [-0.25, -0.2) is 8.42 Å². The zero-order chi connectivity index (χ0) is 18.7. The zero-order valence-corrected chi connectivity index (χ0v) is 15.6. The number of halogens is 3.